The Morgan fingerprint density at radius 1 is 1.12 bits per heavy atom. The first-order chi connectivity index (χ1) is 7.90. The Labute approximate surface area is 120 Å². The maximum atomic E-state index is 5.74. The van der Waals surface area contributed by atoms with Gasteiger partial charge in [0.25, 0.3) is 0 Å². The molecule has 4 heteroatoms. The second kappa shape index (κ2) is 6.76. The summed E-state index contributed by atoms with van der Waals surface area (Å²) >= 11 is 7.10. The summed E-state index contributed by atoms with van der Waals surface area (Å²) in [5.74, 6) is 0.869. The number of benzene rings is 1. The second-order valence-electron chi connectivity index (χ2n) is 4.59. The third-order valence-corrected chi connectivity index (χ3v) is 3.30. The molecule has 0 fully saturated rings. The molecular weight excluding hydrogens is 346 g/mol. The van der Waals surface area contributed by atoms with E-state index >= 15 is 0 Å². The van der Waals surface area contributed by atoms with Crippen LogP contribution in [0, 0.1) is 0 Å². The van der Waals surface area contributed by atoms with Crippen LogP contribution < -0.4 is 10.1 Å². The highest BCUT2D eigenvalue weighted by Crippen LogP contribution is 2.35. The number of halogens is 2. The first-order valence-electron chi connectivity index (χ1n) is 5.78. The van der Waals surface area contributed by atoms with Crippen LogP contribution in [0.1, 0.15) is 33.3 Å². The molecule has 0 radical (unpaired) electrons. The standard InChI is InChI=1S/C13H19Br2NO/c1-8(2)16-7-10-5-11(14)13(12(15)6-10)17-9(3)4/h5-6,8-9,16H,7H2,1-4H3. The van der Waals surface area contributed by atoms with E-state index in [0.29, 0.717) is 6.04 Å². The Bertz CT molecular complexity index is 355. The van der Waals surface area contributed by atoms with Crippen molar-refractivity contribution in [3.8, 4) is 5.75 Å². The van der Waals surface area contributed by atoms with Gasteiger partial charge in [0.15, 0.2) is 0 Å². The van der Waals surface area contributed by atoms with E-state index in [-0.39, 0.29) is 6.10 Å². The molecule has 0 saturated carbocycles. The fourth-order valence-corrected chi connectivity index (χ4v) is 2.85. The lowest BCUT2D eigenvalue weighted by atomic mass is 10.2. The lowest BCUT2D eigenvalue weighted by Crippen LogP contribution is -2.21. The van der Waals surface area contributed by atoms with Gasteiger partial charge in [-0.15, -0.1) is 0 Å². The Kier molecular flexibility index (Phi) is 5.97. The van der Waals surface area contributed by atoms with Gasteiger partial charge in [0, 0.05) is 12.6 Å². The van der Waals surface area contributed by atoms with Crippen molar-refractivity contribution in [1.82, 2.24) is 5.32 Å². The molecule has 0 aliphatic rings. The molecule has 0 atom stereocenters. The molecule has 1 N–H and O–H groups in total. The van der Waals surface area contributed by atoms with Crippen LogP contribution in [0.15, 0.2) is 21.1 Å². The summed E-state index contributed by atoms with van der Waals surface area (Å²) in [6, 6.07) is 4.68. The van der Waals surface area contributed by atoms with Crippen LogP contribution in [0.25, 0.3) is 0 Å². The van der Waals surface area contributed by atoms with Gasteiger partial charge < -0.3 is 10.1 Å². The van der Waals surface area contributed by atoms with Crippen LogP contribution in [0.5, 0.6) is 5.75 Å². The summed E-state index contributed by atoms with van der Waals surface area (Å²) < 4.78 is 7.72. The number of hydrogen-bond acceptors (Lipinski definition) is 2. The minimum atomic E-state index is 0.169. The SMILES string of the molecule is CC(C)NCc1cc(Br)c(OC(C)C)c(Br)c1. The van der Waals surface area contributed by atoms with Gasteiger partial charge in [-0.1, -0.05) is 13.8 Å². The third-order valence-electron chi connectivity index (χ3n) is 2.13. The zero-order valence-electron chi connectivity index (χ0n) is 10.7. The van der Waals surface area contributed by atoms with Gasteiger partial charge >= 0.3 is 0 Å². The van der Waals surface area contributed by atoms with Gasteiger partial charge in [-0.3, -0.25) is 0 Å². The average molecular weight is 365 g/mol. The second-order valence-corrected chi connectivity index (χ2v) is 6.30. The van der Waals surface area contributed by atoms with Crippen LogP contribution in [-0.4, -0.2) is 12.1 Å². The molecular formula is C13H19Br2NO. The molecule has 0 aliphatic carbocycles. The molecule has 2 nitrogen and oxygen atoms in total. The summed E-state index contributed by atoms with van der Waals surface area (Å²) in [4.78, 5) is 0. The molecule has 0 bridgehead atoms. The van der Waals surface area contributed by atoms with E-state index in [1.807, 2.05) is 13.8 Å². The Balaban J connectivity index is 2.85. The van der Waals surface area contributed by atoms with Gasteiger partial charge in [0.1, 0.15) is 5.75 Å². The predicted molar refractivity (Wildman–Crippen MR) is 79.6 cm³/mol. The largest absolute Gasteiger partial charge is 0.489 e. The van der Waals surface area contributed by atoms with Crippen LogP contribution in [0.3, 0.4) is 0 Å². The molecule has 96 valence electrons. The molecule has 0 aliphatic heterocycles. The number of ether oxygens (including phenoxy) is 1. The van der Waals surface area contributed by atoms with Gasteiger partial charge in [0.2, 0.25) is 0 Å². The fourth-order valence-electron chi connectivity index (χ4n) is 1.38. The normalized spacial score (nSPS) is 11.3. The number of rotatable bonds is 5. The zero-order chi connectivity index (χ0) is 13.0. The van der Waals surface area contributed by atoms with Gasteiger partial charge in [-0.25, -0.2) is 0 Å². The maximum absolute atomic E-state index is 5.74. The van der Waals surface area contributed by atoms with Crippen molar-refractivity contribution in [2.75, 3.05) is 0 Å². The van der Waals surface area contributed by atoms with Gasteiger partial charge in [0.05, 0.1) is 15.0 Å². The Hall–Kier alpha value is -0.0600. The third kappa shape index (κ3) is 4.98. The number of nitrogens with one attached hydrogen (secondary N) is 1. The minimum absolute atomic E-state index is 0.169. The molecule has 17 heavy (non-hydrogen) atoms. The highest BCUT2D eigenvalue weighted by atomic mass is 79.9. The fraction of sp³-hybridized carbons (Fsp3) is 0.538. The van der Waals surface area contributed by atoms with E-state index < -0.39 is 0 Å². The molecule has 0 aromatic heterocycles. The quantitative estimate of drug-likeness (QED) is 0.830. The Morgan fingerprint density at radius 3 is 2.06 bits per heavy atom. The smallest absolute Gasteiger partial charge is 0.148 e. The van der Waals surface area contributed by atoms with Crippen molar-refractivity contribution in [1.29, 1.82) is 0 Å². The monoisotopic (exact) mass is 363 g/mol. The van der Waals surface area contributed by atoms with Gasteiger partial charge in [-0.2, -0.15) is 0 Å². The molecule has 0 spiro atoms. The van der Waals surface area contributed by atoms with E-state index in [9.17, 15) is 0 Å². The predicted octanol–water partition coefficient (Wildman–Crippen LogP) is 4.50. The summed E-state index contributed by atoms with van der Waals surface area (Å²) in [5.41, 5.74) is 1.23. The van der Waals surface area contributed by atoms with E-state index in [1.165, 1.54) is 5.56 Å². The minimum Gasteiger partial charge on any atom is -0.489 e. The summed E-state index contributed by atoms with van der Waals surface area (Å²) in [6.45, 7) is 9.18. The molecule has 1 aromatic rings. The first-order valence-corrected chi connectivity index (χ1v) is 7.36. The highest BCUT2D eigenvalue weighted by molar-refractivity contribution is 9.11. The van der Waals surface area contributed by atoms with Crippen LogP contribution in [0.2, 0.25) is 0 Å². The molecule has 0 amide bonds. The molecule has 1 rings (SSSR count). The first kappa shape index (κ1) is 15.0. The summed E-state index contributed by atoms with van der Waals surface area (Å²) in [5, 5.41) is 3.39. The topological polar surface area (TPSA) is 21.3 Å². The lowest BCUT2D eigenvalue weighted by molar-refractivity contribution is 0.239. The highest BCUT2D eigenvalue weighted by Gasteiger charge is 2.10. The number of hydrogen-bond donors (Lipinski definition) is 1. The van der Waals surface area contributed by atoms with Crippen LogP contribution >= 0.6 is 31.9 Å². The van der Waals surface area contributed by atoms with Crippen LogP contribution in [-0.2, 0) is 6.54 Å². The van der Waals surface area contributed by atoms with Crippen LogP contribution in [0.4, 0.5) is 0 Å². The average Bonchev–Trinajstić information content (AvgIpc) is 2.20. The molecule has 1 aromatic carbocycles. The van der Waals surface area contributed by atoms with E-state index in [4.69, 9.17) is 4.74 Å². The summed E-state index contributed by atoms with van der Waals surface area (Å²) in [7, 11) is 0. The van der Waals surface area contributed by atoms with Crippen molar-refractivity contribution < 1.29 is 4.74 Å². The molecule has 0 saturated heterocycles. The van der Waals surface area contributed by atoms with Crippen molar-refractivity contribution in [3.05, 3.63) is 26.6 Å². The molecule has 0 unspecified atom stereocenters. The lowest BCUT2D eigenvalue weighted by Gasteiger charge is -2.15. The van der Waals surface area contributed by atoms with E-state index in [2.05, 4.69) is 63.2 Å². The van der Waals surface area contributed by atoms with Gasteiger partial charge in [-0.05, 0) is 63.4 Å². The van der Waals surface area contributed by atoms with E-state index in [1.54, 1.807) is 0 Å². The summed E-state index contributed by atoms with van der Waals surface area (Å²) in [6.07, 6.45) is 0.169. The van der Waals surface area contributed by atoms with Crippen molar-refractivity contribution in [2.24, 2.45) is 0 Å². The van der Waals surface area contributed by atoms with Crippen molar-refractivity contribution >= 4 is 31.9 Å². The van der Waals surface area contributed by atoms with Crippen molar-refractivity contribution in [3.63, 3.8) is 0 Å². The van der Waals surface area contributed by atoms with Crippen molar-refractivity contribution in [2.45, 2.75) is 46.4 Å². The van der Waals surface area contributed by atoms with E-state index in [0.717, 1.165) is 21.2 Å². The zero-order valence-corrected chi connectivity index (χ0v) is 13.9. The molecule has 0 heterocycles. The Morgan fingerprint density at radius 2 is 1.65 bits per heavy atom. The maximum Gasteiger partial charge on any atom is 0.148 e.